The number of nitrogens with one attached hydrogen (secondary N) is 1. The Morgan fingerprint density at radius 1 is 1.31 bits per heavy atom. The van der Waals surface area contributed by atoms with Crippen LogP contribution in [0, 0.1) is 11.8 Å². The second-order valence-corrected chi connectivity index (χ2v) is 4.83. The summed E-state index contributed by atoms with van der Waals surface area (Å²) in [6.45, 7) is 4.60. The Kier molecular flexibility index (Phi) is 2.61. The molecule has 2 rings (SSSR count). The van der Waals surface area contributed by atoms with E-state index < -0.39 is 0 Å². The lowest BCUT2D eigenvalue weighted by molar-refractivity contribution is 0.0821. The third-order valence-corrected chi connectivity index (χ3v) is 3.67. The maximum Gasteiger partial charge on any atom is 0.0623 e. The van der Waals surface area contributed by atoms with Crippen LogP contribution in [-0.4, -0.2) is 25.3 Å². The first-order valence-corrected chi connectivity index (χ1v) is 5.55. The zero-order valence-corrected chi connectivity index (χ0v) is 8.92. The number of rotatable bonds is 3. The van der Waals surface area contributed by atoms with E-state index in [1.54, 1.807) is 0 Å². The van der Waals surface area contributed by atoms with Crippen molar-refractivity contribution < 1.29 is 4.74 Å². The molecule has 4 unspecified atom stereocenters. The highest BCUT2D eigenvalue weighted by Gasteiger charge is 2.44. The first-order chi connectivity index (χ1) is 6.22. The van der Waals surface area contributed by atoms with E-state index in [0.717, 1.165) is 11.8 Å². The van der Waals surface area contributed by atoms with Crippen molar-refractivity contribution in [2.45, 2.75) is 51.4 Å². The van der Waals surface area contributed by atoms with Gasteiger partial charge in [-0.2, -0.15) is 0 Å². The predicted octanol–water partition coefficient (Wildman–Crippen LogP) is 1.80. The van der Waals surface area contributed by atoms with Gasteiger partial charge in [-0.25, -0.2) is 0 Å². The molecule has 2 bridgehead atoms. The van der Waals surface area contributed by atoms with Crippen molar-refractivity contribution in [2.75, 3.05) is 7.05 Å². The predicted molar refractivity (Wildman–Crippen MR) is 53.7 cm³/mol. The van der Waals surface area contributed by atoms with Crippen LogP contribution in [0.15, 0.2) is 0 Å². The molecule has 2 heteroatoms. The molecule has 2 nitrogen and oxygen atoms in total. The maximum atomic E-state index is 5.88. The third-order valence-electron chi connectivity index (χ3n) is 3.67. The molecule has 0 radical (unpaired) electrons. The van der Waals surface area contributed by atoms with Gasteiger partial charge in [0.1, 0.15) is 0 Å². The van der Waals surface area contributed by atoms with Gasteiger partial charge in [0.25, 0.3) is 0 Å². The highest BCUT2D eigenvalue weighted by molar-refractivity contribution is 4.95. The summed E-state index contributed by atoms with van der Waals surface area (Å²) in [4.78, 5) is 0. The van der Waals surface area contributed by atoms with Crippen LogP contribution in [0.2, 0.25) is 0 Å². The van der Waals surface area contributed by atoms with Crippen molar-refractivity contribution in [2.24, 2.45) is 11.8 Å². The van der Waals surface area contributed by atoms with E-state index >= 15 is 0 Å². The fourth-order valence-electron chi connectivity index (χ4n) is 3.10. The molecule has 0 amide bonds. The summed E-state index contributed by atoms with van der Waals surface area (Å²) in [5.41, 5.74) is 0. The molecule has 13 heavy (non-hydrogen) atoms. The quantitative estimate of drug-likeness (QED) is 0.720. The standard InChI is InChI=1S/C11H21NO/c1-7(2)11(12-3)9-6-8-4-5-10(9)13-8/h7-12H,4-6H2,1-3H3. The van der Waals surface area contributed by atoms with Crippen LogP contribution in [-0.2, 0) is 4.74 Å². The van der Waals surface area contributed by atoms with Gasteiger partial charge in [-0.1, -0.05) is 13.8 Å². The summed E-state index contributed by atoms with van der Waals surface area (Å²) in [6, 6.07) is 0.648. The monoisotopic (exact) mass is 183 g/mol. The lowest BCUT2D eigenvalue weighted by atomic mass is 9.79. The fraction of sp³-hybridized carbons (Fsp3) is 1.00. The second kappa shape index (κ2) is 3.58. The maximum absolute atomic E-state index is 5.88. The van der Waals surface area contributed by atoms with E-state index in [9.17, 15) is 0 Å². The van der Waals surface area contributed by atoms with Crippen molar-refractivity contribution in [3.8, 4) is 0 Å². The van der Waals surface area contributed by atoms with Crippen LogP contribution < -0.4 is 5.32 Å². The number of ether oxygens (including phenoxy) is 1. The Bertz CT molecular complexity index is 181. The van der Waals surface area contributed by atoms with E-state index in [0.29, 0.717) is 18.2 Å². The Hall–Kier alpha value is -0.0800. The second-order valence-electron chi connectivity index (χ2n) is 4.83. The van der Waals surface area contributed by atoms with Gasteiger partial charge in [-0.15, -0.1) is 0 Å². The van der Waals surface area contributed by atoms with E-state index in [2.05, 4.69) is 26.2 Å². The Labute approximate surface area is 81.0 Å². The summed E-state index contributed by atoms with van der Waals surface area (Å²) in [5, 5.41) is 3.45. The lowest BCUT2D eigenvalue weighted by Gasteiger charge is -2.31. The van der Waals surface area contributed by atoms with Crippen LogP contribution in [0.25, 0.3) is 0 Å². The zero-order valence-electron chi connectivity index (χ0n) is 8.92. The molecule has 2 fully saturated rings. The summed E-state index contributed by atoms with van der Waals surface area (Å²) in [7, 11) is 2.08. The van der Waals surface area contributed by atoms with Crippen LogP contribution in [0.4, 0.5) is 0 Å². The van der Waals surface area contributed by atoms with Gasteiger partial charge in [0.05, 0.1) is 12.2 Å². The first kappa shape index (κ1) is 9.47. The molecular weight excluding hydrogens is 162 g/mol. The van der Waals surface area contributed by atoms with Crippen molar-refractivity contribution in [1.29, 1.82) is 0 Å². The van der Waals surface area contributed by atoms with E-state index in [1.807, 2.05) is 0 Å². The molecular formula is C11H21NO. The molecule has 4 atom stereocenters. The molecule has 0 spiro atoms. The molecule has 2 saturated heterocycles. The van der Waals surface area contributed by atoms with Gasteiger partial charge in [-0.3, -0.25) is 0 Å². The van der Waals surface area contributed by atoms with E-state index in [1.165, 1.54) is 19.3 Å². The smallest absolute Gasteiger partial charge is 0.0623 e. The minimum atomic E-state index is 0.560. The molecule has 76 valence electrons. The molecule has 1 N–H and O–H groups in total. The summed E-state index contributed by atoms with van der Waals surface area (Å²) in [6.07, 6.45) is 5.03. The van der Waals surface area contributed by atoms with Crippen molar-refractivity contribution in [3.63, 3.8) is 0 Å². The van der Waals surface area contributed by atoms with Crippen molar-refractivity contribution in [3.05, 3.63) is 0 Å². The number of hydrogen-bond donors (Lipinski definition) is 1. The Morgan fingerprint density at radius 3 is 2.46 bits per heavy atom. The third kappa shape index (κ3) is 1.62. The molecule has 2 aliphatic heterocycles. The van der Waals surface area contributed by atoms with Crippen LogP contribution in [0.5, 0.6) is 0 Å². The normalized spacial score (nSPS) is 40.2. The average Bonchev–Trinajstić information content (AvgIpc) is 2.65. The van der Waals surface area contributed by atoms with Gasteiger partial charge in [-0.05, 0) is 32.2 Å². The SMILES string of the molecule is CNC(C(C)C)C1CC2CCC1O2. The van der Waals surface area contributed by atoms with E-state index in [4.69, 9.17) is 4.74 Å². The fourth-order valence-corrected chi connectivity index (χ4v) is 3.10. The highest BCUT2D eigenvalue weighted by atomic mass is 16.5. The average molecular weight is 183 g/mol. The summed E-state index contributed by atoms with van der Waals surface area (Å²) in [5.74, 6) is 1.49. The zero-order chi connectivity index (χ0) is 9.42. The molecule has 0 aromatic carbocycles. The van der Waals surface area contributed by atoms with Crippen molar-refractivity contribution >= 4 is 0 Å². The molecule has 0 aromatic heterocycles. The summed E-state index contributed by atoms with van der Waals surface area (Å²) >= 11 is 0. The highest BCUT2D eigenvalue weighted by Crippen LogP contribution is 2.41. The molecule has 0 aromatic rings. The number of hydrogen-bond acceptors (Lipinski definition) is 2. The molecule has 0 aliphatic carbocycles. The van der Waals surface area contributed by atoms with Crippen LogP contribution >= 0.6 is 0 Å². The minimum Gasteiger partial charge on any atom is -0.375 e. The number of fused-ring (bicyclic) bond motifs is 2. The van der Waals surface area contributed by atoms with Gasteiger partial charge in [0.2, 0.25) is 0 Å². The van der Waals surface area contributed by atoms with Crippen molar-refractivity contribution in [1.82, 2.24) is 5.32 Å². The van der Waals surface area contributed by atoms with Gasteiger partial charge in [0, 0.05) is 12.0 Å². The van der Waals surface area contributed by atoms with Gasteiger partial charge < -0.3 is 10.1 Å². The topological polar surface area (TPSA) is 21.3 Å². The lowest BCUT2D eigenvalue weighted by Crippen LogP contribution is -2.42. The van der Waals surface area contributed by atoms with Gasteiger partial charge in [0.15, 0.2) is 0 Å². The molecule has 0 saturated carbocycles. The Balaban J connectivity index is 2.00. The van der Waals surface area contributed by atoms with E-state index in [-0.39, 0.29) is 0 Å². The van der Waals surface area contributed by atoms with Crippen LogP contribution in [0.3, 0.4) is 0 Å². The largest absolute Gasteiger partial charge is 0.375 e. The first-order valence-electron chi connectivity index (χ1n) is 5.55. The summed E-state index contributed by atoms with van der Waals surface area (Å²) < 4.78 is 5.88. The van der Waals surface area contributed by atoms with Gasteiger partial charge >= 0.3 is 0 Å². The molecule has 2 heterocycles. The minimum absolute atomic E-state index is 0.560. The Morgan fingerprint density at radius 2 is 2.08 bits per heavy atom. The van der Waals surface area contributed by atoms with Crippen LogP contribution in [0.1, 0.15) is 33.1 Å². The molecule has 2 aliphatic rings.